The lowest BCUT2D eigenvalue weighted by Gasteiger charge is -2.11. The summed E-state index contributed by atoms with van der Waals surface area (Å²) in [6, 6.07) is 9.78. The van der Waals surface area contributed by atoms with Crippen molar-refractivity contribution in [1.82, 2.24) is 0 Å². The topological polar surface area (TPSA) is 29.5 Å². The maximum Gasteiger partial charge on any atom is 0.422 e. The van der Waals surface area contributed by atoms with Crippen LogP contribution in [-0.4, -0.2) is 17.9 Å². The number of hydrogen-bond acceptors (Lipinski definition) is 2. The van der Waals surface area contributed by atoms with Gasteiger partial charge in [-0.1, -0.05) is 24.3 Å². The lowest BCUT2D eigenvalue weighted by molar-refractivity contribution is -0.153. The van der Waals surface area contributed by atoms with E-state index >= 15 is 0 Å². The van der Waals surface area contributed by atoms with Gasteiger partial charge in [-0.05, 0) is 22.9 Å². The van der Waals surface area contributed by atoms with Crippen LogP contribution in [0, 0.1) is 0 Å². The Morgan fingerprint density at radius 2 is 1.65 bits per heavy atom. The van der Waals surface area contributed by atoms with Gasteiger partial charge in [-0.3, -0.25) is 0 Å². The first-order chi connectivity index (χ1) is 7.96. The van der Waals surface area contributed by atoms with Crippen LogP contribution in [0.2, 0.25) is 0 Å². The van der Waals surface area contributed by atoms with Gasteiger partial charge < -0.3 is 9.84 Å². The zero-order valence-corrected chi connectivity index (χ0v) is 8.66. The summed E-state index contributed by atoms with van der Waals surface area (Å²) >= 11 is 0. The van der Waals surface area contributed by atoms with Crippen LogP contribution < -0.4 is 4.74 Å². The minimum absolute atomic E-state index is 0.166. The predicted molar refractivity (Wildman–Crippen MR) is 57.2 cm³/mol. The van der Waals surface area contributed by atoms with E-state index in [-0.39, 0.29) is 11.5 Å². The number of phenols is 1. The van der Waals surface area contributed by atoms with E-state index in [1.54, 1.807) is 24.3 Å². The molecule has 0 spiro atoms. The smallest absolute Gasteiger partial charge is 0.422 e. The summed E-state index contributed by atoms with van der Waals surface area (Å²) in [5, 5.41) is 11.0. The first kappa shape index (κ1) is 11.6. The van der Waals surface area contributed by atoms with E-state index in [0.29, 0.717) is 5.39 Å². The molecule has 0 atom stereocenters. The number of hydrogen-bond donors (Lipinski definition) is 1. The molecule has 0 fully saturated rings. The Bertz CT molecular complexity index is 535. The summed E-state index contributed by atoms with van der Waals surface area (Å²) in [5.74, 6) is -0.464. The Labute approximate surface area is 95.2 Å². The molecule has 0 unspecified atom stereocenters. The van der Waals surface area contributed by atoms with Gasteiger partial charge >= 0.3 is 6.18 Å². The molecule has 0 saturated carbocycles. The molecule has 0 heterocycles. The molecule has 17 heavy (non-hydrogen) atoms. The number of fused-ring (bicyclic) bond motifs is 1. The standard InChI is InChI=1S/C12H9F3O2/c13-12(14,15)7-17-11-6-9-4-2-1-3-8(9)5-10(11)16/h1-6,16H,7H2. The maximum atomic E-state index is 12.0. The van der Waals surface area contributed by atoms with Gasteiger partial charge in [-0.25, -0.2) is 0 Å². The number of rotatable bonds is 2. The normalized spacial score (nSPS) is 11.7. The van der Waals surface area contributed by atoms with E-state index < -0.39 is 12.8 Å². The molecule has 0 aliphatic rings. The molecule has 0 radical (unpaired) electrons. The molecule has 0 aliphatic carbocycles. The number of benzene rings is 2. The van der Waals surface area contributed by atoms with Crippen molar-refractivity contribution >= 4 is 10.8 Å². The number of ether oxygens (including phenoxy) is 1. The summed E-state index contributed by atoms with van der Waals surface area (Å²) in [4.78, 5) is 0. The Morgan fingerprint density at radius 1 is 1.06 bits per heavy atom. The first-order valence-electron chi connectivity index (χ1n) is 4.87. The van der Waals surface area contributed by atoms with Crippen LogP contribution in [0.4, 0.5) is 13.2 Å². The monoisotopic (exact) mass is 242 g/mol. The van der Waals surface area contributed by atoms with Crippen LogP contribution in [0.25, 0.3) is 10.8 Å². The van der Waals surface area contributed by atoms with E-state index in [1.165, 1.54) is 12.1 Å². The number of halogens is 3. The fourth-order valence-electron chi connectivity index (χ4n) is 1.48. The molecular formula is C12H9F3O2. The number of phenolic OH excluding ortho intramolecular Hbond substituents is 1. The highest BCUT2D eigenvalue weighted by atomic mass is 19.4. The fourth-order valence-corrected chi connectivity index (χ4v) is 1.48. The maximum absolute atomic E-state index is 12.0. The second kappa shape index (κ2) is 4.16. The van der Waals surface area contributed by atoms with Crippen molar-refractivity contribution in [3.05, 3.63) is 36.4 Å². The molecule has 0 aromatic heterocycles. The zero-order valence-electron chi connectivity index (χ0n) is 8.66. The Balaban J connectivity index is 2.31. The third kappa shape index (κ3) is 2.81. The highest BCUT2D eigenvalue weighted by Gasteiger charge is 2.28. The lowest BCUT2D eigenvalue weighted by atomic mass is 10.1. The second-order valence-corrected chi connectivity index (χ2v) is 3.57. The lowest BCUT2D eigenvalue weighted by Crippen LogP contribution is -2.19. The van der Waals surface area contributed by atoms with Gasteiger partial charge in [0.1, 0.15) is 0 Å². The van der Waals surface area contributed by atoms with Crippen molar-refractivity contribution in [3.63, 3.8) is 0 Å². The number of alkyl halides is 3. The summed E-state index contributed by atoms with van der Waals surface area (Å²) in [6.45, 7) is -1.42. The molecule has 2 aromatic rings. The fraction of sp³-hybridized carbons (Fsp3) is 0.167. The average Bonchev–Trinajstić information content (AvgIpc) is 2.25. The Hall–Kier alpha value is -1.91. The quantitative estimate of drug-likeness (QED) is 0.873. The molecule has 90 valence electrons. The van der Waals surface area contributed by atoms with Crippen molar-refractivity contribution < 1.29 is 23.0 Å². The van der Waals surface area contributed by atoms with Gasteiger partial charge in [0.2, 0.25) is 0 Å². The van der Waals surface area contributed by atoms with Crippen LogP contribution in [0.5, 0.6) is 11.5 Å². The van der Waals surface area contributed by atoms with Gasteiger partial charge in [0.25, 0.3) is 0 Å². The van der Waals surface area contributed by atoms with Crippen molar-refractivity contribution in [2.45, 2.75) is 6.18 Å². The van der Waals surface area contributed by atoms with Crippen LogP contribution in [0.3, 0.4) is 0 Å². The van der Waals surface area contributed by atoms with Crippen molar-refractivity contribution in [3.8, 4) is 11.5 Å². The number of aromatic hydroxyl groups is 1. The summed E-state index contributed by atoms with van der Waals surface area (Å²) in [6.07, 6.45) is -4.42. The van der Waals surface area contributed by atoms with E-state index in [9.17, 15) is 18.3 Å². The summed E-state index contributed by atoms with van der Waals surface area (Å²) < 4.78 is 40.5. The van der Waals surface area contributed by atoms with E-state index in [0.717, 1.165) is 5.39 Å². The largest absolute Gasteiger partial charge is 0.504 e. The minimum Gasteiger partial charge on any atom is -0.504 e. The summed E-state index contributed by atoms with van der Waals surface area (Å²) in [5.41, 5.74) is 0. The SMILES string of the molecule is Oc1cc2ccccc2cc1OCC(F)(F)F. The molecular weight excluding hydrogens is 233 g/mol. The average molecular weight is 242 g/mol. The predicted octanol–water partition coefficient (Wildman–Crippen LogP) is 3.49. The van der Waals surface area contributed by atoms with Gasteiger partial charge in [-0.15, -0.1) is 0 Å². The molecule has 2 aromatic carbocycles. The van der Waals surface area contributed by atoms with Crippen LogP contribution in [0.15, 0.2) is 36.4 Å². The van der Waals surface area contributed by atoms with Crippen molar-refractivity contribution in [1.29, 1.82) is 0 Å². The highest BCUT2D eigenvalue weighted by Crippen LogP contribution is 2.32. The zero-order chi connectivity index (χ0) is 12.5. The van der Waals surface area contributed by atoms with E-state index in [4.69, 9.17) is 0 Å². The molecule has 2 nitrogen and oxygen atoms in total. The van der Waals surface area contributed by atoms with E-state index in [1.807, 2.05) is 0 Å². The Kier molecular flexibility index (Phi) is 2.83. The molecule has 0 bridgehead atoms. The molecule has 0 amide bonds. The minimum atomic E-state index is -4.42. The van der Waals surface area contributed by atoms with Crippen molar-refractivity contribution in [2.24, 2.45) is 0 Å². The third-order valence-electron chi connectivity index (χ3n) is 2.22. The molecule has 2 rings (SSSR count). The Morgan fingerprint density at radius 3 is 2.24 bits per heavy atom. The van der Waals surface area contributed by atoms with E-state index in [2.05, 4.69) is 4.74 Å². The van der Waals surface area contributed by atoms with Gasteiger partial charge in [0.05, 0.1) is 0 Å². The van der Waals surface area contributed by atoms with Crippen LogP contribution >= 0.6 is 0 Å². The molecule has 1 N–H and O–H groups in total. The first-order valence-corrected chi connectivity index (χ1v) is 4.87. The molecule has 5 heteroatoms. The van der Waals surface area contributed by atoms with Crippen molar-refractivity contribution in [2.75, 3.05) is 6.61 Å². The van der Waals surface area contributed by atoms with Gasteiger partial charge in [-0.2, -0.15) is 13.2 Å². The van der Waals surface area contributed by atoms with Crippen LogP contribution in [-0.2, 0) is 0 Å². The molecule has 0 saturated heterocycles. The highest BCUT2D eigenvalue weighted by molar-refractivity contribution is 5.85. The summed E-state index contributed by atoms with van der Waals surface area (Å²) in [7, 11) is 0. The van der Waals surface area contributed by atoms with Gasteiger partial charge in [0.15, 0.2) is 18.1 Å². The molecule has 0 aliphatic heterocycles. The van der Waals surface area contributed by atoms with Gasteiger partial charge in [0, 0.05) is 0 Å². The third-order valence-corrected chi connectivity index (χ3v) is 2.22. The van der Waals surface area contributed by atoms with Crippen LogP contribution in [0.1, 0.15) is 0 Å². The second-order valence-electron chi connectivity index (χ2n) is 3.57.